The zero-order valence-corrected chi connectivity index (χ0v) is 10.8. The van der Waals surface area contributed by atoms with Crippen molar-refractivity contribution in [3.05, 3.63) is 47.5 Å². The first-order valence-electron chi connectivity index (χ1n) is 6.66. The number of fused-ring (bicyclic) bond motifs is 3. The topological polar surface area (TPSA) is 79.1 Å². The number of para-hydroxylation sites is 1. The maximum absolute atomic E-state index is 11.6. The highest BCUT2D eigenvalue weighted by molar-refractivity contribution is 6.16. The van der Waals surface area contributed by atoms with Gasteiger partial charge in [-0.15, -0.1) is 0 Å². The quantitative estimate of drug-likeness (QED) is 0.666. The van der Waals surface area contributed by atoms with Crippen molar-refractivity contribution in [1.29, 1.82) is 0 Å². The van der Waals surface area contributed by atoms with Crippen LogP contribution < -0.4 is 5.73 Å². The minimum Gasteiger partial charge on any atom is -0.385 e. The van der Waals surface area contributed by atoms with Crippen molar-refractivity contribution in [1.82, 2.24) is 4.98 Å². The molecule has 0 spiro atoms. The summed E-state index contributed by atoms with van der Waals surface area (Å²) >= 11 is 0. The molecule has 3 aromatic rings. The van der Waals surface area contributed by atoms with E-state index in [2.05, 4.69) is 4.98 Å². The van der Waals surface area contributed by atoms with Crippen LogP contribution in [0.2, 0.25) is 0 Å². The van der Waals surface area contributed by atoms with Gasteiger partial charge in [-0.2, -0.15) is 0 Å². The predicted molar refractivity (Wildman–Crippen MR) is 77.5 cm³/mol. The van der Waals surface area contributed by atoms with Gasteiger partial charge in [0.05, 0.1) is 16.7 Å². The van der Waals surface area contributed by atoms with E-state index in [9.17, 15) is 9.90 Å². The number of carbonyl (C=O) groups is 1. The molecule has 1 fully saturated rings. The highest BCUT2D eigenvalue weighted by Gasteiger charge is 2.43. The third-order valence-electron chi connectivity index (χ3n) is 4.15. The molecule has 1 aliphatic carbocycles. The first-order chi connectivity index (χ1) is 9.60. The molecule has 100 valence electrons. The van der Waals surface area contributed by atoms with Gasteiger partial charge in [0, 0.05) is 16.3 Å². The number of aromatic nitrogens is 1. The van der Waals surface area contributed by atoms with E-state index in [1.807, 2.05) is 30.3 Å². The fraction of sp³-hybridized carbons (Fsp3) is 0.188. The molecule has 0 radical (unpaired) electrons. The number of nitrogens with two attached hydrogens (primary N) is 1. The van der Waals surface area contributed by atoms with Crippen molar-refractivity contribution in [3.63, 3.8) is 0 Å². The number of aromatic amines is 1. The molecular formula is C16H14N2O2. The summed E-state index contributed by atoms with van der Waals surface area (Å²) in [6, 6.07) is 11.4. The summed E-state index contributed by atoms with van der Waals surface area (Å²) in [4.78, 5) is 14.9. The van der Waals surface area contributed by atoms with Crippen molar-refractivity contribution in [2.75, 3.05) is 0 Å². The molecule has 0 unspecified atom stereocenters. The zero-order chi connectivity index (χ0) is 13.9. The van der Waals surface area contributed by atoms with Crippen molar-refractivity contribution in [2.45, 2.75) is 18.4 Å². The van der Waals surface area contributed by atoms with Crippen LogP contribution in [-0.4, -0.2) is 16.0 Å². The molecule has 4 N–H and O–H groups in total. The smallest absolute Gasteiger partial charge is 0.250 e. The molecule has 0 atom stereocenters. The minimum atomic E-state index is -0.751. The van der Waals surface area contributed by atoms with Gasteiger partial charge >= 0.3 is 0 Å². The number of nitrogens with one attached hydrogen (secondary N) is 1. The van der Waals surface area contributed by atoms with E-state index >= 15 is 0 Å². The predicted octanol–water partition coefficient (Wildman–Crippen LogP) is 2.40. The van der Waals surface area contributed by atoms with Gasteiger partial charge in [0.15, 0.2) is 0 Å². The summed E-state index contributed by atoms with van der Waals surface area (Å²) in [6.07, 6.45) is 1.52. The molecule has 2 aromatic carbocycles. The Morgan fingerprint density at radius 3 is 2.65 bits per heavy atom. The van der Waals surface area contributed by atoms with Crippen LogP contribution >= 0.6 is 0 Å². The van der Waals surface area contributed by atoms with E-state index < -0.39 is 11.5 Å². The Bertz CT molecular complexity index is 859. The number of hydrogen-bond donors (Lipinski definition) is 3. The molecule has 1 aromatic heterocycles. The van der Waals surface area contributed by atoms with Crippen LogP contribution in [0.25, 0.3) is 21.8 Å². The van der Waals surface area contributed by atoms with Gasteiger partial charge in [-0.05, 0) is 30.5 Å². The molecule has 1 saturated carbocycles. The van der Waals surface area contributed by atoms with E-state index in [0.717, 1.165) is 40.2 Å². The molecule has 1 aliphatic rings. The normalized spacial score (nSPS) is 16.6. The second kappa shape index (κ2) is 3.61. The Balaban J connectivity index is 2.20. The molecule has 0 bridgehead atoms. The van der Waals surface area contributed by atoms with Crippen LogP contribution in [0.15, 0.2) is 36.4 Å². The molecular weight excluding hydrogens is 252 g/mol. The summed E-state index contributed by atoms with van der Waals surface area (Å²) < 4.78 is 0. The SMILES string of the molecule is NC(=O)c1ccc(C2(O)CC2)c2c1[nH]c1ccccc12. The molecule has 20 heavy (non-hydrogen) atoms. The number of primary amides is 1. The van der Waals surface area contributed by atoms with Crippen LogP contribution in [-0.2, 0) is 5.60 Å². The van der Waals surface area contributed by atoms with Crippen molar-refractivity contribution < 1.29 is 9.90 Å². The third-order valence-corrected chi connectivity index (χ3v) is 4.15. The Kier molecular flexibility index (Phi) is 2.07. The second-order valence-electron chi connectivity index (χ2n) is 5.48. The summed E-state index contributed by atoms with van der Waals surface area (Å²) in [5, 5.41) is 12.4. The fourth-order valence-electron chi connectivity index (χ4n) is 2.94. The molecule has 1 heterocycles. The molecule has 0 saturated heterocycles. The lowest BCUT2D eigenvalue weighted by Crippen LogP contribution is -2.13. The first-order valence-corrected chi connectivity index (χ1v) is 6.66. The van der Waals surface area contributed by atoms with E-state index in [4.69, 9.17) is 5.73 Å². The third kappa shape index (κ3) is 1.42. The molecule has 1 amide bonds. The van der Waals surface area contributed by atoms with E-state index in [-0.39, 0.29) is 0 Å². The summed E-state index contributed by atoms with van der Waals surface area (Å²) in [6.45, 7) is 0. The van der Waals surface area contributed by atoms with Crippen LogP contribution in [0.4, 0.5) is 0 Å². The van der Waals surface area contributed by atoms with E-state index in [1.54, 1.807) is 6.07 Å². The summed E-state index contributed by atoms with van der Waals surface area (Å²) in [7, 11) is 0. The van der Waals surface area contributed by atoms with E-state index in [1.165, 1.54) is 0 Å². The minimum absolute atomic E-state index is 0.462. The highest BCUT2D eigenvalue weighted by atomic mass is 16.3. The standard InChI is InChI=1S/C16H14N2O2/c17-15(19)10-5-6-11(16(20)7-8-16)13-9-3-1-2-4-12(9)18-14(10)13/h1-6,18,20H,7-8H2,(H2,17,19). The molecule has 0 aliphatic heterocycles. The Labute approximate surface area is 115 Å². The van der Waals surface area contributed by atoms with Crippen molar-refractivity contribution in [2.24, 2.45) is 5.73 Å². The van der Waals surface area contributed by atoms with Gasteiger partial charge in [-0.25, -0.2) is 0 Å². The lowest BCUT2D eigenvalue weighted by atomic mass is 9.97. The van der Waals surface area contributed by atoms with Gasteiger partial charge in [0.2, 0.25) is 0 Å². The Morgan fingerprint density at radius 1 is 1.20 bits per heavy atom. The van der Waals surface area contributed by atoms with Crippen LogP contribution in [0.5, 0.6) is 0 Å². The molecule has 4 heteroatoms. The average molecular weight is 266 g/mol. The molecule has 4 rings (SSSR count). The van der Waals surface area contributed by atoms with Crippen molar-refractivity contribution >= 4 is 27.7 Å². The Morgan fingerprint density at radius 2 is 1.95 bits per heavy atom. The van der Waals surface area contributed by atoms with Gasteiger partial charge in [0.1, 0.15) is 0 Å². The van der Waals surface area contributed by atoms with Gasteiger partial charge in [-0.3, -0.25) is 4.79 Å². The van der Waals surface area contributed by atoms with E-state index in [0.29, 0.717) is 5.56 Å². The number of amides is 1. The van der Waals surface area contributed by atoms with Crippen molar-refractivity contribution in [3.8, 4) is 0 Å². The van der Waals surface area contributed by atoms with Crippen LogP contribution in [0, 0.1) is 0 Å². The lowest BCUT2D eigenvalue weighted by Gasteiger charge is -2.11. The zero-order valence-electron chi connectivity index (χ0n) is 10.8. The van der Waals surface area contributed by atoms with Gasteiger partial charge in [0.25, 0.3) is 5.91 Å². The Hall–Kier alpha value is -2.33. The monoisotopic (exact) mass is 266 g/mol. The summed E-state index contributed by atoms with van der Waals surface area (Å²) in [5.74, 6) is -0.462. The summed E-state index contributed by atoms with van der Waals surface area (Å²) in [5.41, 5.74) is 7.72. The van der Waals surface area contributed by atoms with Gasteiger partial charge in [-0.1, -0.05) is 24.3 Å². The van der Waals surface area contributed by atoms with Crippen LogP contribution in [0.3, 0.4) is 0 Å². The van der Waals surface area contributed by atoms with Crippen LogP contribution in [0.1, 0.15) is 28.8 Å². The number of hydrogen-bond acceptors (Lipinski definition) is 2. The first kappa shape index (κ1) is 11.5. The number of rotatable bonds is 2. The fourth-order valence-corrected chi connectivity index (χ4v) is 2.94. The van der Waals surface area contributed by atoms with Gasteiger partial charge < -0.3 is 15.8 Å². The largest absolute Gasteiger partial charge is 0.385 e. The number of carbonyl (C=O) groups excluding carboxylic acids is 1. The maximum Gasteiger partial charge on any atom is 0.250 e. The number of H-pyrrole nitrogens is 1. The number of aliphatic hydroxyl groups is 1. The maximum atomic E-state index is 11.6. The lowest BCUT2D eigenvalue weighted by molar-refractivity contribution is 0.100. The average Bonchev–Trinajstić information content (AvgIpc) is 3.06. The molecule has 4 nitrogen and oxygen atoms in total. The second-order valence-corrected chi connectivity index (χ2v) is 5.48. The highest BCUT2D eigenvalue weighted by Crippen LogP contribution is 2.49. The number of benzene rings is 2.